The molecule has 0 spiro atoms. The van der Waals surface area contributed by atoms with E-state index in [9.17, 15) is 5.11 Å². The number of benzene rings is 1. The van der Waals surface area contributed by atoms with E-state index in [0.717, 1.165) is 15.6 Å². The Morgan fingerprint density at radius 2 is 2.25 bits per heavy atom. The highest BCUT2D eigenvalue weighted by atomic mass is 79.9. The number of hydrogen-bond donors (Lipinski definition) is 1. The molecule has 1 aromatic carbocycles. The van der Waals surface area contributed by atoms with Crippen LogP contribution in [0.2, 0.25) is 0 Å². The van der Waals surface area contributed by atoms with E-state index < -0.39 is 6.29 Å². The SMILES string of the molecule is C=C1OC(O)c2cc(Br)ccc21. The van der Waals surface area contributed by atoms with Gasteiger partial charge in [0.25, 0.3) is 0 Å². The van der Waals surface area contributed by atoms with Gasteiger partial charge in [-0.1, -0.05) is 22.5 Å². The van der Waals surface area contributed by atoms with Crippen molar-refractivity contribution in [2.45, 2.75) is 6.29 Å². The van der Waals surface area contributed by atoms with Crippen molar-refractivity contribution in [1.82, 2.24) is 0 Å². The number of fused-ring (bicyclic) bond motifs is 1. The minimum atomic E-state index is -0.856. The quantitative estimate of drug-likeness (QED) is 0.737. The van der Waals surface area contributed by atoms with Gasteiger partial charge in [0.2, 0.25) is 6.29 Å². The van der Waals surface area contributed by atoms with Crippen LogP contribution in [0.25, 0.3) is 5.76 Å². The predicted octanol–water partition coefficient (Wildman–Crippen LogP) is 2.44. The van der Waals surface area contributed by atoms with Gasteiger partial charge in [-0.25, -0.2) is 0 Å². The van der Waals surface area contributed by atoms with Gasteiger partial charge in [-0.2, -0.15) is 0 Å². The van der Waals surface area contributed by atoms with Crippen molar-refractivity contribution < 1.29 is 9.84 Å². The number of rotatable bonds is 0. The Balaban J connectivity index is 2.60. The van der Waals surface area contributed by atoms with Crippen molar-refractivity contribution in [2.24, 2.45) is 0 Å². The smallest absolute Gasteiger partial charge is 0.225 e. The molecular formula is C9H7BrO2. The van der Waals surface area contributed by atoms with Crippen LogP contribution in [0, 0.1) is 0 Å². The van der Waals surface area contributed by atoms with Crippen molar-refractivity contribution in [1.29, 1.82) is 0 Å². The predicted molar refractivity (Wildman–Crippen MR) is 49.2 cm³/mol. The maximum absolute atomic E-state index is 9.37. The molecule has 0 aliphatic carbocycles. The number of aliphatic hydroxyl groups is 1. The first-order valence-electron chi connectivity index (χ1n) is 3.52. The van der Waals surface area contributed by atoms with E-state index in [-0.39, 0.29) is 0 Å². The third-order valence-corrected chi connectivity index (χ3v) is 2.33. The van der Waals surface area contributed by atoms with Gasteiger partial charge in [0.1, 0.15) is 5.76 Å². The van der Waals surface area contributed by atoms with Gasteiger partial charge in [0.05, 0.1) is 0 Å². The van der Waals surface area contributed by atoms with Crippen LogP contribution in [-0.4, -0.2) is 5.11 Å². The van der Waals surface area contributed by atoms with E-state index in [4.69, 9.17) is 4.74 Å². The van der Waals surface area contributed by atoms with E-state index in [1.807, 2.05) is 18.2 Å². The highest BCUT2D eigenvalue weighted by Crippen LogP contribution is 2.36. The molecule has 1 aliphatic heterocycles. The van der Waals surface area contributed by atoms with E-state index in [1.165, 1.54) is 0 Å². The molecule has 0 radical (unpaired) electrons. The maximum atomic E-state index is 9.37. The van der Waals surface area contributed by atoms with E-state index in [1.54, 1.807) is 0 Å². The lowest BCUT2D eigenvalue weighted by molar-refractivity contribution is -0.0292. The van der Waals surface area contributed by atoms with E-state index >= 15 is 0 Å². The Bertz CT molecular complexity index is 346. The van der Waals surface area contributed by atoms with Gasteiger partial charge in [0, 0.05) is 15.6 Å². The molecule has 1 unspecified atom stereocenters. The summed E-state index contributed by atoms with van der Waals surface area (Å²) in [5, 5.41) is 9.37. The zero-order valence-corrected chi connectivity index (χ0v) is 7.84. The number of aliphatic hydroxyl groups excluding tert-OH is 1. The minimum absolute atomic E-state index is 0.532. The molecule has 3 heteroatoms. The molecular weight excluding hydrogens is 220 g/mol. The van der Waals surface area contributed by atoms with Gasteiger partial charge < -0.3 is 9.84 Å². The second-order valence-corrected chi connectivity index (χ2v) is 3.54. The molecule has 1 aromatic rings. The largest absolute Gasteiger partial charge is 0.461 e. The summed E-state index contributed by atoms with van der Waals surface area (Å²) in [5.74, 6) is 0.532. The summed E-state index contributed by atoms with van der Waals surface area (Å²) in [6.45, 7) is 3.68. The van der Waals surface area contributed by atoms with Gasteiger partial charge in [-0.15, -0.1) is 0 Å². The third kappa shape index (κ3) is 1.06. The summed E-state index contributed by atoms with van der Waals surface area (Å²) in [6.07, 6.45) is -0.856. The third-order valence-electron chi connectivity index (χ3n) is 1.83. The normalized spacial score (nSPS) is 20.5. The summed E-state index contributed by atoms with van der Waals surface area (Å²) in [4.78, 5) is 0. The average Bonchev–Trinajstić information content (AvgIpc) is 2.28. The Morgan fingerprint density at radius 3 is 3.00 bits per heavy atom. The Kier molecular flexibility index (Phi) is 1.70. The van der Waals surface area contributed by atoms with Crippen LogP contribution in [0.5, 0.6) is 0 Å². The molecule has 1 atom stereocenters. The Hall–Kier alpha value is -0.800. The lowest BCUT2D eigenvalue weighted by atomic mass is 10.1. The van der Waals surface area contributed by atoms with Crippen LogP contribution in [-0.2, 0) is 4.74 Å². The molecule has 0 aromatic heterocycles. The zero-order chi connectivity index (χ0) is 8.72. The topological polar surface area (TPSA) is 29.5 Å². The lowest BCUT2D eigenvalue weighted by Gasteiger charge is -2.01. The highest BCUT2D eigenvalue weighted by Gasteiger charge is 2.24. The standard InChI is InChI=1S/C9H7BrO2/c1-5-7-3-2-6(10)4-8(7)9(11)12-5/h2-4,9,11H,1H2. The molecule has 0 fully saturated rings. The molecule has 0 bridgehead atoms. The molecule has 0 amide bonds. The van der Waals surface area contributed by atoms with Crippen LogP contribution in [0.1, 0.15) is 17.4 Å². The fourth-order valence-corrected chi connectivity index (χ4v) is 1.63. The second kappa shape index (κ2) is 2.61. The summed E-state index contributed by atoms with van der Waals surface area (Å²) in [5.41, 5.74) is 1.65. The molecule has 0 saturated carbocycles. The monoisotopic (exact) mass is 226 g/mol. The van der Waals surface area contributed by atoms with Crippen molar-refractivity contribution >= 4 is 21.7 Å². The van der Waals surface area contributed by atoms with Crippen LogP contribution in [0.3, 0.4) is 0 Å². The van der Waals surface area contributed by atoms with Crippen molar-refractivity contribution in [2.75, 3.05) is 0 Å². The van der Waals surface area contributed by atoms with Crippen LogP contribution in [0.15, 0.2) is 29.3 Å². The molecule has 1 N–H and O–H groups in total. The number of hydrogen-bond acceptors (Lipinski definition) is 2. The van der Waals surface area contributed by atoms with E-state index in [2.05, 4.69) is 22.5 Å². The van der Waals surface area contributed by atoms with Crippen LogP contribution < -0.4 is 0 Å². The molecule has 2 nitrogen and oxygen atoms in total. The van der Waals surface area contributed by atoms with Gasteiger partial charge in [-0.3, -0.25) is 0 Å². The minimum Gasteiger partial charge on any atom is -0.461 e. The van der Waals surface area contributed by atoms with Crippen molar-refractivity contribution in [3.63, 3.8) is 0 Å². The van der Waals surface area contributed by atoms with Crippen molar-refractivity contribution in [3.8, 4) is 0 Å². The molecule has 62 valence electrons. The first-order chi connectivity index (χ1) is 5.68. The lowest BCUT2D eigenvalue weighted by Crippen LogP contribution is -1.91. The summed E-state index contributed by atoms with van der Waals surface area (Å²) in [7, 11) is 0. The number of ether oxygens (including phenoxy) is 1. The zero-order valence-electron chi connectivity index (χ0n) is 6.25. The molecule has 0 saturated heterocycles. The molecule has 1 aliphatic rings. The second-order valence-electron chi connectivity index (χ2n) is 2.62. The summed E-state index contributed by atoms with van der Waals surface area (Å²) in [6, 6.07) is 5.60. The van der Waals surface area contributed by atoms with Gasteiger partial charge >= 0.3 is 0 Å². The highest BCUT2D eigenvalue weighted by molar-refractivity contribution is 9.10. The fourth-order valence-electron chi connectivity index (χ4n) is 1.25. The van der Waals surface area contributed by atoms with E-state index in [0.29, 0.717) is 5.76 Å². The number of halogens is 1. The van der Waals surface area contributed by atoms with Gasteiger partial charge in [-0.05, 0) is 18.2 Å². The maximum Gasteiger partial charge on any atom is 0.225 e. The first kappa shape index (κ1) is 7.83. The molecule has 2 rings (SSSR count). The first-order valence-corrected chi connectivity index (χ1v) is 4.31. The molecule has 1 heterocycles. The molecule has 12 heavy (non-hydrogen) atoms. The Morgan fingerprint density at radius 1 is 1.50 bits per heavy atom. The summed E-state index contributed by atoms with van der Waals surface area (Å²) < 4.78 is 5.96. The fraction of sp³-hybridized carbons (Fsp3) is 0.111. The van der Waals surface area contributed by atoms with Gasteiger partial charge in [0.15, 0.2) is 0 Å². The Labute approximate surface area is 78.6 Å². The van der Waals surface area contributed by atoms with Crippen molar-refractivity contribution in [3.05, 3.63) is 40.4 Å². The van der Waals surface area contributed by atoms with Crippen LogP contribution >= 0.6 is 15.9 Å². The summed E-state index contributed by atoms with van der Waals surface area (Å²) >= 11 is 3.32. The average molecular weight is 227 g/mol. The van der Waals surface area contributed by atoms with Crippen LogP contribution in [0.4, 0.5) is 0 Å².